The van der Waals surface area contributed by atoms with Crippen LogP contribution in [-0.2, 0) is 14.3 Å². The first-order chi connectivity index (χ1) is 8.80. The van der Waals surface area contributed by atoms with Crippen LogP contribution in [0.1, 0.15) is 34.1 Å². The molecule has 19 heavy (non-hydrogen) atoms. The molecule has 0 aromatic heterocycles. The molecule has 0 spiro atoms. The van der Waals surface area contributed by atoms with Crippen LogP contribution in [0.3, 0.4) is 0 Å². The van der Waals surface area contributed by atoms with Gasteiger partial charge < -0.3 is 14.8 Å². The Bertz CT molecular complexity index is 342. The molecule has 0 radical (unpaired) electrons. The molecule has 0 aliphatic carbocycles. The van der Waals surface area contributed by atoms with E-state index in [0.717, 1.165) is 0 Å². The molecule has 0 fully saturated rings. The number of ether oxygens (including phenoxy) is 2. The van der Waals surface area contributed by atoms with Crippen molar-refractivity contribution in [1.29, 1.82) is 0 Å². The number of amides is 1. The molecule has 1 N–H and O–H groups in total. The Balaban J connectivity index is 4.61. The summed E-state index contributed by atoms with van der Waals surface area (Å²) in [5.41, 5.74) is -0.617. The van der Waals surface area contributed by atoms with E-state index in [1.54, 1.807) is 45.9 Å². The molecule has 1 amide bonds. The average Bonchev–Trinajstić information content (AvgIpc) is 2.25. The monoisotopic (exact) mass is 269 g/mol. The quantitative estimate of drug-likeness (QED) is 0.594. The molecule has 5 nitrogen and oxygen atoms in total. The topological polar surface area (TPSA) is 64.6 Å². The molecule has 0 unspecified atom stereocenters. The van der Waals surface area contributed by atoms with Gasteiger partial charge in [-0.05, 0) is 34.1 Å². The van der Waals surface area contributed by atoms with E-state index in [4.69, 9.17) is 9.47 Å². The van der Waals surface area contributed by atoms with Gasteiger partial charge in [-0.2, -0.15) is 0 Å². The fourth-order valence-electron chi connectivity index (χ4n) is 1.16. The third-order valence-electron chi connectivity index (χ3n) is 1.84. The summed E-state index contributed by atoms with van der Waals surface area (Å²) in [7, 11) is 0. The lowest BCUT2D eigenvalue weighted by atomic mass is 10.2. The standard InChI is InChI=1S/C14H23NO4/c1-6-8-9-10-11(12(16)18-7-2)15-13(17)19-14(3,4)5/h6,9-11H,1,7-8H2,2-5H3,(H,15,17)/b10-9+/t11-/m0/s1. The largest absolute Gasteiger partial charge is 0.464 e. The van der Waals surface area contributed by atoms with E-state index in [0.29, 0.717) is 6.42 Å². The lowest BCUT2D eigenvalue weighted by Gasteiger charge is -2.21. The molecule has 0 saturated heterocycles. The fourth-order valence-corrected chi connectivity index (χ4v) is 1.16. The SMILES string of the molecule is C=CC/C=C/[C@H](NC(=O)OC(C)(C)C)C(=O)OCC. The Morgan fingerprint density at radius 1 is 1.37 bits per heavy atom. The van der Waals surface area contributed by atoms with Gasteiger partial charge in [-0.1, -0.05) is 18.2 Å². The van der Waals surface area contributed by atoms with Gasteiger partial charge in [0.15, 0.2) is 0 Å². The summed E-state index contributed by atoms with van der Waals surface area (Å²) >= 11 is 0. The van der Waals surface area contributed by atoms with Crippen LogP contribution in [0.25, 0.3) is 0 Å². The van der Waals surface area contributed by atoms with Crippen LogP contribution in [-0.4, -0.2) is 30.3 Å². The van der Waals surface area contributed by atoms with Gasteiger partial charge in [-0.25, -0.2) is 9.59 Å². The minimum atomic E-state index is -0.852. The predicted molar refractivity (Wildman–Crippen MR) is 73.7 cm³/mol. The molecular formula is C14H23NO4. The third kappa shape index (κ3) is 8.88. The van der Waals surface area contributed by atoms with Crippen LogP contribution in [0.5, 0.6) is 0 Å². The van der Waals surface area contributed by atoms with E-state index in [2.05, 4.69) is 11.9 Å². The summed E-state index contributed by atoms with van der Waals surface area (Å²) in [5.74, 6) is -0.520. The molecule has 0 aromatic carbocycles. The number of allylic oxidation sites excluding steroid dienone is 2. The highest BCUT2D eigenvalue weighted by Gasteiger charge is 2.23. The van der Waals surface area contributed by atoms with E-state index in [1.165, 1.54) is 0 Å². The zero-order valence-electron chi connectivity index (χ0n) is 12.1. The van der Waals surface area contributed by atoms with Crippen molar-refractivity contribution in [3.05, 3.63) is 24.8 Å². The van der Waals surface area contributed by atoms with E-state index in [1.807, 2.05) is 0 Å². The molecule has 1 atom stereocenters. The van der Waals surface area contributed by atoms with Crippen LogP contribution >= 0.6 is 0 Å². The van der Waals surface area contributed by atoms with Crippen molar-refractivity contribution in [1.82, 2.24) is 5.32 Å². The highest BCUT2D eigenvalue weighted by atomic mass is 16.6. The molecule has 0 rings (SSSR count). The smallest absolute Gasteiger partial charge is 0.408 e. The van der Waals surface area contributed by atoms with Crippen molar-refractivity contribution in [2.75, 3.05) is 6.61 Å². The van der Waals surface area contributed by atoms with Gasteiger partial charge in [0.2, 0.25) is 0 Å². The lowest BCUT2D eigenvalue weighted by molar-refractivity contribution is -0.144. The maximum atomic E-state index is 11.7. The molecule has 108 valence electrons. The summed E-state index contributed by atoms with van der Waals surface area (Å²) in [4.78, 5) is 23.3. The zero-order chi connectivity index (χ0) is 14.9. The zero-order valence-corrected chi connectivity index (χ0v) is 12.1. The minimum Gasteiger partial charge on any atom is -0.464 e. The number of hydrogen-bond donors (Lipinski definition) is 1. The lowest BCUT2D eigenvalue weighted by Crippen LogP contribution is -2.43. The van der Waals surface area contributed by atoms with Crippen molar-refractivity contribution >= 4 is 12.1 Å². The van der Waals surface area contributed by atoms with Gasteiger partial charge in [0.25, 0.3) is 0 Å². The van der Waals surface area contributed by atoms with Crippen LogP contribution in [0.4, 0.5) is 4.79 Å². The number of esters is 1. The highest BCUT2D eigenvalue weighted by Crippen LogP contribution is 2.07. The van der Waals surface area contributed by atoms with Crippen LogP contribution in [0.2, 0.25) is 0 Å². The number of nitrogens with one attached hydrogen (secondary N) is 1. The highest BCUT2D eigenvalue weighted by molar-refractivity contribution is 5.83. The third-order valence-corrected chi connectivity index (χ3v) is 1.84. The van der Waals surface area contributed by atoms with E-state index in [-0.39, 0.29) is 6.61 Å². The molecule has 5 heteroatoms. The molecule has 0 aliphatic heterocycles. The van der Waals surface area contributed by atoms with Gasteiger partial charge in [0.05, 0.1) is 6.61 Å². The summed E-state index contributed by atoms with van der Waals surface area (Å²) < 4.78 is 9.97. The van der Waals surface area contributed by atoms with Crippen molar-refractivity contribution in [3.8, 4) is 0 Å². The summed E-state index contributed by atoms with van der Waals surface area (Å²) in [5, 5.41) is 2.46. The maximum Gasteiger partial charge on any atom is 0.408 e. The van der Waals surface area contributed by atoms with E-state index >= 15 is 0 Å². The Morgan fingerprint density at radius 2 is 2.00 bits per heavy atom. The van der Waals surface area contributed by atoms with Crippen LogP contribution < -0.4 is 5.32 Å². The van der Waals surface area contributed by atoms with Crippen molar-refractivity contribution in [2.45, 2.75) is 45.8 Å². The van der Waals surface area contributed by atoms with Crippen molar-refractivity contribution < 1.29 is 19.1 Å². The fraction of sp³-hybridized carbons (Fsp3) is 0.571. The summed E-state index contributed by atoms with van der Waals surface area (Å²) in [6, 6.07) is -0.852. The Morgan fingerprint density at radius 3 is 2.47 bits per heavy atom. The van der Waals surface area contributed by atoms with E-state index < -0.39 is 23.7 Å². The molecule has 0 aromatic rings. The van der Waals surface area contributed by atoms with Crippen molar-refractivity contribution in [2.24, 2.45) is 0 Å². The Kier molecular flexibility index (Phi) is 7.56. The molecule has 0 aliphatic rings. The minimum absolute atomic E-state index is 0.251. The number of carbonyl (C=O) groups excluding carboxylic acids is 2. The van der Waals surface area contributed by atoms with Gasteiger partial charge in [-0.15, -0.1) is 6.58 Å². The predicted octanol–water partition coefficient (Wildman–Crippen LogP) is 2.58. The Labute approximate surface area is 114 Å². The number of hydrogen-bond acceptors (Lipinski definition) is 4. The molecular weight excluding hydrogens is 246 g/mol. The van der Waals surface area contributed by atoms with Crippen LogP contribution in [0.15, 0.2) is 24.8 Å². The first kappa shape index (κ1) is 17.2. The number of alkyl carbamates (subject to hydrolysis) is 1. The molecule has 0 bridgehead atoms. The number of carbonyl (C=O) groups is 2. The van der Waals surface area contributed by atoms with Gasteiger partial charge in [0.1, 0.15) is 11.6 Å². The second kappa shape index (κ2) is 8.34. The van der Waals surface area contributed by atoms with Gasteiger partial charge >= 0.3 is 12.1 Å². The van der Waals surface area contributed by atoms with Crippen LogP contribution in [0, 0.1) is 0 Å². The normalized spacial score (nSPS) is 12.8. The second-order valence-electron chi connectivity index (χ2n) is 4.83. The Hall–Kier alpha value is -1.78. The maximum absolute atomic E-state index is 11.7. The molecule has 0 saturated carbocycles. The van der Waals surface area contributed by atoms with E-state index in [9.17, 15) is 9.59 Å². The first-order valence-corrected chi connectivity index (χ1v) is 6.24. The summed E-state index contributed by atoms with van der Waals surface area (Å²) in [6.45, 7) is 10.8. The first-order valence-electron chi connectivity index (χ1n) is 6.24. The van der Waals surface area contributed by atoms with Gasteiger partial charge in [-0.3, -0.25) is 0 Å². The molecule has 0 heterocycles. The summed E-state index contributed by atoms with van der Waals surface area (Å²) in [6.07, 6.45) is 4.92. The van der Waals surface area contributed by atoms with Gasteiger partial charge in [0, 0.05) is 0 Å². The second-order valence-corrected chi connectivity index (χ2v) is 4.83. The van der Waals surface area contributed by atoms with Crippen molar-refractivity contribution in [3.63, 3.8) is 0 Å². The number of rotatable bonds is 6. The average molecular weight is 269 g/mol.